The van der Waals surface area contributed by atoms with E-state index in [1.165, 1.54) is 42.5 Å². The summed E-state index contributed by atoms with van der Waals surface area (Å²) in [6.45, 7) is 3.65. The average molecular weight is 350 g/mol. The largest absolute Gasteiger partial charge is 0.319 e. The van der Waals surface area contributed by atoms with Crippen molar-refractivity contribution >= 4 is 21.6 Å². The van der Waals surface area contributed by atoms with Crippen LogP contribution in [0.25, 0.3) is 0 Å². The van der Waals surface area contributed by atoms with Crippen LogP contribution in [0.15, 0.2) is 53.4 Å². The van der Waals surface area contributed by atoms with Crippen molar-refractivity contribution in [3.8, 4) is 0 Å². The molecule has 0 aliphatic carbocycles. The molecule has 2 aromatic rings. The number of amides is 1. The second kappa shape index (κ2) is 7.55. The van der Waals surface area contributed by atoms with Crippen LogP contribution in [0.5, 0.6) is 0 Å². The fraction of sp³-hybridized carbons (Fsp3) is 0.235. The van der Waals surface area contributed by atoms with Gasteiger partial charge in [0.05, 0.1) is 10.6 Å². The van der Waals surface area contributed by atoms with Gasteiger partial charge in [-0.2, -0.15) is 0 Å². The smallest absolute Gasteiger partial charge is 0.255 e. The average Bonchev–Trinajstić information content (AvgIpc) is 2.56. The van der Waals surface area contributed by atoms with Gasteiger partial charge in [-0.1, -0.05) is 19.1 Å². The highest BCUT2D eigenvalue weighted by molar-refractivity contribution is 7.89. The standard InChI is InChI=1S/C17H19FN2O3S/c1-3-12(2)20-24(22,23)14-10-8-13(9-11-14)17(21)19-16-7-5-4-6-15(16)18/h4-12,20H,3H2,1-2H3,(H,19,21)/t12-/m0/s1. The van der Waals surface area contributed by atoms with Crippen molar-refractivity contribution in [2.24, 2.45) is 0 Å². The van der Waals surface area contributed by atoms with Gasteiger partial charge in [0.15, 0.2) is 0 Å². The van der Waals surface area contributed by atoms with Crippen molar-refractivity contribution in [3.05, 3.63) is 59.9 Å². The Labute approximate surface area is 141 Å². The predicted molar refractivity (Wildman–Crippen MR) is 90.9 cm³/mol. The molecule has 0 saturated heterocycles. The third-order valence-corrected chi connectivity index (χ3v) is 5.12. The maximum absolute atomic E-state index is 13.5. The van der Waals surface area contributed by atoms with Crippen molar-refractivity contribution in [1.29, 1.82) is 0 Å². The van der Waals surface area contributed by atoms with E-state index < -0.39 is 21.7 Å². The maximum Gasteiger partial charge on any atom is 0.255 e. The van der Waals surface area contributed by atoms with Gasteiger partial charge in [-0.05, 0) is 49.7 Å². The van der Waals surface area contributed by atoms with Crippen molar-refractivity contribution in [2.45, 2.75) is 31.2 Å². The van der Waals surface area contributed by atoms with Crippen LogP contribution in [0, 0.1) is 5.82 Å². The van der Waals surface area contributed by atoms with Crippen molar-refractivity contribution < 1.29 is 17.6 Å². The quantitative estimate of drug-likeness (QED) is 0.840. The highest BCUT2D eigenvalue weighted by atomic mass is 32.2. The molecule has 7 heteroatoms. The highest BCUT2D eigenvalue weighted by Crippen LogP contribution is 2.16. The molecule has 1 atom stereocenters. The van der Waals surface area contributed by atoms with Gasteiger partial charge in [0.25, 0.3) is 5.91 Å². The van der Waals surface area contributed by atoms with Crippen LogP contribution in [-0.4, -0.2) is 20.4 Å². The van der Waals surface area contributed by atoms with Crippen LogP contribution in [0.2, 0.25) is 0 Å². The molecular weight excluding hydrogens is 331 g/mol. The Bertz CT molecular complexity index is 820. The molecule has 1 amide bonds. The summed E-state index contributed by atoms with van der Waals surface area (Å²) >= 11 is 0. The fourth-order valence-electron chi connectivity index (χ4n) is 1.96. The minimum absolute atomic E-state index is 0.0673. The van der Waals surface area contributed by atoms with Gasteiger partial charge in [-0.15, -0.1) is 0 Å². The second-order valence-corrected chi connectivity index (χ2v) is 7.10. The molecule has 0 aliphatic heterocycles. The third-order valence-electron chi connectivity index (χ3n) is 3.52. The lowest BCUT2D eigenvalue weighted by Crippen LogP contribution is -2.32. The first kappa shape index (κ1) is 18.1. The van der Waals surface area contributed by atoms with E-state index in [1.54, 1.807) is 13.0 Å². The van der Waals surface area contributed by atoms with Gasteiger partial charge < -0.3 is 5.32 Å². The summed E-state index contributed by atoms with van der Waals surface area (Å²) in [5.41, 5.74) is 0.304. The molecule has 128 valence electrons. The van der Waals surface area contributed by atoms with Crippen LogP contribution in [0.4, 0.5) is 10.1 Å². The van der Waals surface area contributed by atoms with Crippen molar-refractivity contribution in [1.82, 2.24) is 4.72 Å². The fourth-order valence-corrected chi connectivity index (χ4v) is 3.29. The van der Waals surface area contributed by atoms with Crippen LogP contribution in [0.1, 0.15) is 30.6 Å². The summed E-state index contributed by atoms with van der Waals surface area (Å²) in [7, 11) is -3.62. The van der Waals surface area contributed by atoms with Gasteiger partial charge in [0, 0.05) is 11.6 Å². The Morgan fingerprint density at radius 3 is 2.33 bits per heavy atom. The number of nitrogens with one attached hydrogen (secondary N) is 2. The summed E-state index contributed by atoms with van der Waals surface area (Å²) in [5, 5.41) is 2.45. The summed E-state index contributed by atoms with van der Waals surface area (Å²) in [6.07, 6.45) is 0.669. The molecule has 24 heavy (non-hydrogen) atoms. The normalized spacial score (nSPS) is 12.6. The number of anilines is 1. The van der Waals surface area contributed by atoms with Gasteiger partial charge in [0.2, 0.25) is 10.0 Å². The van der Waals surface area contributed by atoms with Gasteiger partial charge >= 0.3 is 0 Å². The van der Waals surface area contributed by atoms with Gasteiger partial charge in [-0.25, -0.2) is 17.5 Å². The minimum atomic E-state index is -3.62. The Hall–Kier alpha value is -2.25. The van der Waals surface area contributed by atoms with E-state index in [4.69, 9.17) is 0 Å². The zero-order chi connectivity index (χ0) is 17.7. The molecule has 2 aromatic carbocycles. The number of carbonyl (C=O) groups excluding carboxylic acids is 1. The first-order chi connectivity index (χ1) is 11.3. The summed E-state index contributed by atoms with van der Waals surface area (Å²) in [4.78, 5) is 12.2. The summed E-state index contributed by atoms with van der Waals surface area (Å²) < 4.78 is 40.4. The zero-order valence-electron chi connectivity index (χ0n) is 13.4. The lowest BCUT2D eigenvalue weighted by atomic mass is 10.2. The molecule has 0 fully saturated rings. The molecule has 0 aromatic heterocycles. The SMILES string of the molecule is CC[C@H](C)NS(=O)(=O)c1ccc(C(=O)Nc2ccccc2F)cc1. The molecule has 0 bridgehead atoms. The van der Waals surface area contributed by atoms with Crippen LogP contribution in [0.3, 0.4) is 0 Å². The van der Waals surface area contributed by atoms with E-state index in [1.807, 2.05) is 6.92 Å². The van der Waals surface area contributed by atoms with E-state index in [0.717, 1.165) is 0 Å². The predicted octanol–water partition coefficient (Wildman–Crippen LogP) is 3.15. The summed E-state index contributed by atoms with van der Waals surface area (Å²) in [6, 6.07) is 11.1. The number of halogens is 1. The first-order valence-corrected chi connectivity index (χ1v) is 9.00. The molecule has 2 rings (SSSR count). The number of hydrogen-bond donors (Lipinski definition) is 2. The number of hydrogen-bond acceptors (Lipinski definition) is 3. The van der Waals surface area contributed by atoms with E-state index in [2.05, 4.69) is 10.0 Å². The van der Waals surface area contributed by atoms with Gasteiger partial charge in [-0.3, -0.25) is 4.79 Å². The number of carbonyl (C=O) groups is 1. The number of benzene rings is 2. The van der Waals surface area contributed by atoms with Crippen LogP contribution in [-0.2, 0) is 10.0 Å². The maximum atomic E-state index is 13.5. The highest BCUT2D eigenvalue weighted by Gasteiger charge is 2.17. The van der Waals surface area contributed by atoms with E-state index in [9.17, 15) is 17.6 Å². The topological polar surface area (TPSA) is 75.3 Å². The molecule has 0 radical (unpaired) electrons. The lowest BCUT2D eigenvalue weighted by molar-refractivity contribution is 0.102. The van der Waals surface area contributed by atoms with E-state index >= 15 is 0 Å². The third kappa shape index (κ3) is 4.39. The Morgan fingerprint density at radius 1 is 1.12 bits per heavy atom. The van der Waals surface area contributed by atoms with Gasteiger partial charge in [0.1, 0.15) is 5.82 Å². The molecule has 2 N–H and O–H groups in total. The van der Waals surface area contributed by atoms with Crippen molar-refractivity contribution in [2.75, 3.05) is 5.32 Å². The molecule has 5 nitrogen and oxygen atoms in total. The van der Waals surface area contributed by atoms with E-state index in [0.29, 0.717) is 6.42 Å². The molecule has 0 spiro atoms. The van der Waals surface area contributed by atoms with Crippen molar-refractivity contribution in [3.63, 3.8) is 0 Å². The van der Waals surface area contributed by atoms with Crippen LogP contribution >= 0.6 is 0 Å². The molecule has 0 saturated carbocycles. The molecular formula is C17H19FN2O3S. The second-order valence-electron chi connectivity index (χ2n) is 5.39. The molecule has 0 heterocycles. The molecule has 0 aliphatic rings. The zero-order valence-corrected chi connectivity index (χ0v) is 14.2. The minimum Gasteiger partial charge on any atom is -0.319 e. The first-order valence-electron chi connectivity index (χ1n) is 7.51. The Kier molecular flexibility index (Phi) is 5.69. The monoisotopic (exact) mass is 350 g/mol. The number of para-hydroxylation sites is 1. The Balaban J connectivity index is 2.14. The Morgan fingerprint density at radius 2 is 1.75 bits per heavy atom. The van der Waals surface area contributed by atoms with Crippen LogP contribution < -0.4 is 10.0 Å². The summed E-state index contributed by atoms with van der Waals surface area (Å²) in [5.74, 6) is -1.05. The lowest BCUT2D eigenvalue weighted by Gasteiger charge is -2.12. The number of rotatable bonds is 6. The molecule has 0 unspecified atom stereocenters. The number of sulfonamides is 1. The van der Waals surface area contributed by atoms with E-state index in [-0.39, 0.29) is 22.2 Å².